The molecule has 0 fully saturated rings. The van der Waals surface area contributed by atoms with Crippen LogP contribution in [0.5, 0.6) is 5.75 Å². The molecule has 1 heterocycles. The molecule has 1 aliphatic rings. The normalized spacial score (nSPS) is 15.5. The van der Waals surface area contributed by atoms with Gasteiger partial charge in [0.05, 0.1) is 12.7 Å². The number of rotatable bonds is 3. The topological polar surface area (TPSA) is 47.9 Å². The van der Waals surface area contributed by atoms with Crippen LogP contribution in [-0.2, 0) is 9.53 Å². The van der Waals surface area contributed by atoms with Gasteiger partial charge in [-0.1, -0.05) is 35.9 Å². The van der Waals surface area contributed by atoms with Crippen LogP contribution in [-0.4, -0.2) is 19.0 Å². The van der Waals surface area contributed by atoms with Crippen molar-refractivity contribution in [2.24, 2.45) is 4.99 Å². The second-order valence-corrected chi connectivity index (χ2v) is 5.48. The van der Waals surface area contributed by atoms with Gasteiger partial charge in [-0.3, -0.25) is 0 Å². The summed E-state index contributed by atoms with van der Waals surface area (Å²) in [4.78, 5) is 16.3. The van der Waals surface area contributed by atoms with E-state index in [1.165, 1.54) is 0 Å². The summed E-state index contributed by atoms with van der Waals surface area (Å²) < 4.78 is 10.7. The fourth-order valence-electron chi connectivity index (χ4n) is 2.33. The molecular weight excluding hydrogens is 314 g/mol. The van der Waals surface area contributed by atoms with E-state index < -0.39 is 5.97 Å². The molecule has 0 spiro atoms. The minimum Gasteiger partial charge on any atom is -0.496 e. The van der Waals surface area contributed by atoms with E-state index in [4.69, 9.17) is 21.1 Å². The van der Waals surface area contributed by atoms with Crippen LogP contribution in [0.15, 0.2) is 53.2 Å². The molecule has 0 amide bonds. The molecule has 0 radical (unpaired) electrons. The summed E-state index contributed by atoms with van der Waals surface area (Å²) in [6, 6.07) is 12.7. The molecule has 0 atom stereocenters. The summed E-state index contributed by atoms with van der Waals surface area (Å²) >= 11 is 5.85. The molecular formula is C18H14ClNO3. The number of ether oxygens (including phenoxy) is 2. The van der Waals surface area contributed by atoms with Crippen LogP contribution < -0.4 is 4.74 Å². The summed E-state index contributed by atoms with van der Waals surface area (Å²) in [7, 11) is 1.58. The first kappa shape index (κ1) is 15.3. The van der Waals surface area contributed by atoms with Gasteiger partial charge in [0, 0.05) is 5.02 Å². The summed E-state index contributed by atoms with van der Waals surface area (Å²) in [5.74, 6) is 0.404. The number of hydrogen-bond donors (Lipinski definition) is 0. The monoisotopic (exact) mass is 327 g/mol. The van der Waals surface area contributed by atoms with Gasteiger partial charge < -0.3 is 9.47 Å². The largest absolute Gasteiger partial charge is 0.496 e. The summed E-state index contributed by atoms with van der Waals surface area (Å²) in [5.41, 5.74) is 2.66. The highest BCUT2D eigenvalue weighted by atomic mass is 35.5. The number of benzene rings is 2. The van der Waals surface area contributed by atoms with Gasteiger partial charge in [0.15, 0.2) is 5.70 Å². The minimum absolute atomic E-state index is 0.242. The molecule has 0 bridgehead atoms. The predicted octanol–water partition coefficient (Wildman–Crippen LogP) is 4.00. The van der Waals surface area contributed by atoms with Crippen molar-refractivity contribution in [3.8, 4) is 5.75 Å². The Morgan fingerprint density at radius 2 is 1.91 bits per heavy atom. The van der Waals surface area contributed by atoms with Gasteiger partial charge in [-0.15, -0.1) is 0 Å². The highest BCUT2D eigenvalue weighted by Crippen LogP contribution is 2.28. The Kier molecular flexibility index (Phi) is 4.17. The fourth-order valence-corrected chi connectivity index (χ4v) is 2.46. The van der Waals surface area contributed by atoms with E-state index in [1.807, 2.05) is 37.3 Å². The molecule has 1 aliphatic heterocycles. The number of methoxy groups -OCH3 is 1. The van der Waals surface area contributed by atoms with Gasteiger partial charge in [0.2, 0.25) is 5.90 Å². The molecule has 0 aliphatic carbocycles. The number of esters is 1. The summed E-state index contributed by atoms with van der Waals surface area (Å²) in [6.45, 7) is 1.92. The van der Waals surface area contributed by atoms with Crippen molar-refractivity contribution in [1.29, 1.82) is 0 Å². The number of nitrogens with zero attached hydrogens (tertiary/aromatic N) is 1. The molecule has 2 aromatic carbocycles. The molecule has 4 nitrogen and oxygen atoms in total. The molecule has 3 rings (SSSR count). The molecule has 0 aromatic heterocycles. The first-order chi connectivity index (χ1) is 11.1. The number of halogens is 1. The lowest BCUT2D eigenvalue weighted by Crippen LogP contribution is -2.07. The van der Waals surface area contributed by atoms with Gasteiger partial charge in [-0.2, -0.15) is 0 Å². The van der Waals surface area contributed by atoms with Crippen LogP contribution in [0.1, 0.15) is 16.7 Å². The number of aryl methyl sites for hydroxylation is 1. The van der Waals surface area contributed by atoms with Crippen LogP contribution in [0.25, 0.3) is 6.08 Å². The highest BCUT2D eigenvalue weighted by Gasteiger charge is 2.26. The molecule has 0 saturated carbocycles. The molecule has 116 valence electrons. The van der Waals surface area contributed by atoms with Crippen LogP contribution in [0.3, 0.4) is 0 Å². The maximum atomic E-state index is 12.0. The van der Waals surface area contributed by atoms with Gasteiger partial charge >= 0.3 is 5.97 Å². The number of carbonyl (C=O) groups is 1. The SMILES string of the molecule is COc1c(C)cccc1C1=N/C(=C/c2ccc(Cl)cc2)C(=O)O1. The Hall–Kier alpha value is -2.59. The van der Waals surface area contributed by atoms with Crippen LogP contribution >= 0.6 is 11.6 Å². The van der Waals surface area contributed by atoms with Crippen molar-refractivity contribution in [3.05, 3.63) is 69.9 Å². The highest BCUT2D eigenvalue weighted by molar-refractivity contribution is 6.30. The van der Waals surface area contributed by atoms with Crippen molar-refractivity contribution in [2.75, 3.05) is 7.11 Å². The lowest BCUT2D eigenvalue weighted by Gasteiger charge is -2.09. The van der Waals surface area contributed by atoms with E-state index in [2.05, 4.69) is 4.99 Å². The minimum atomic E-state index is -0.487. The van der Waals surface area contributed by atoms with Gasteiger partial charge in [-0.25, -0.2) is 9.79 Å². The van der Waals surface area contributed by atoms with E-state index in [0.29, 0.717) is 16.3 Å². The van der Waals surface area contributed by atoms with E-state index in [0.717, 1.165) is 11.1 Å². The zero-order valence-corrected chi connectivity index (χ0v) is 13.4. The number of aliphatic imine (C=N–C) groups is 1. The van der Waals surface area contributed by atoms with E-state index in [1.54, 1.807) is 25.3 Å². The average molecular weight is 328 g/mol. The van der Waals surface area contributed by atoms with Crippen molar-refractivity contribution in [2.45, 2.75) is 6.92 Å². The maximum absolute atomic E-state index is 12.0. The standard InChI is InChI=1S/C18H14ClNO3/c1-11-4-3-5-14(16(11)22-2)17-20-15(18(21)23-17)10-12-6-8-13(19)9-7-12/h3-10H,1-2H3/b15-10+. The lowest BCUT2D eigenvalue weighted by atomic mass is 10.1. The van der Waals surface area contributed by atoms with Crippen molar-refractivity contribution in [1.82, 2.24) is 0 Å². The van der Waals surface area contributed by atoms with E-state index in [-0.39, 0.29) is 11.6 Å². The van der Waals surface area contributed by atoms with E-state index >= 15 is 0 Å². The fraction of sp³-hybridized carbons (Fsp3) is 0.111. The third-order valence-corrected chi connectivity index (χ3v) is 3.69. The number of cyclic esters (lactones) is 1. The Balaban J connectivity index is 1.99. The Morgan fingerprint density at radius 1 is 1.17 bits per heavy atom. The van der Waals surface area contributed by atoms with E-state index in [9.17, 15) is 4.79 Å². The molecule has 0 unspecified atom stereocenters. The molecule has 23 heavy (non-hydrogen) atoms. The lowest BCUT2D eigenvalue weighted by molar-refractivity contribution is -0.129. The zero-order valence-electron chi connectivity index (χ0n) is 12.7. The number of carbonyl (C=O) groups excluding carboxylic acids is 1. The number of para-hydroxylation sites is 1. The Bertz CT molecular complexity index is 823. The second-order valence-electron chi connectivity index (χ2n) is 5.04. The average Bonchev–Trinajstić information content (AvgIpc) is 2.90. The smallest absolute Gasteiger partial charge is 0.363 e. The molecule has 0 N–H and O–H groups in total. The molecule has 5 heteroatoms. The Labute approximate surface area is 139 Å². The van der Waals surface area contributed by atoms with Crippen LogP contribution in [0.4, 0.5) is 0 Å². The zero-order chi connectivity index (χ0) is 16.4. The van der Waals surface area contributed by atoms with Crippen molar-refractivity contribution >= 4 is 29.5 Å². The quantitative estimate of drug-likeness (QED) is 0.632. The second kappa shape index (κ2) is 6.26. The van der Waals surface area contributed by atoms with Crippen molar-refractivity contribution < 1.29 is 14.3 Å². The predicted molar refractivity (Wildman–Crippen MR) is 89.8 cm³/mol. The first-order valence-corrected chi connectivity index (χ1v) is 7.38. The number of hydrogen-bond acceptors (Lipinski definition) is 4. The summed E-state index contributed by atoms with van der Waals surface area (Å²) in [6.07, 6.45) is 1.66. The van der Waals surface area contributed by atoms with Gasteiger partial charge in [-0.05, 0) is 42.3 Å². The molecule has 2 aromatic rings. The first-order valence-electron chi connectivity index (χ1n) is 7.00. The maximum Gasteiger partial charge on any atom is 0.363 e. The Morgan fingerprint density at radius 3 is 2.61 bits per heavy atom. The van der Waals surface area contributed by atoms with Crippen molar-refractivity contribution in [3.63, 3.8) is 0 Å². The summed E-state index contributed by atoms with van der Waals surface area (Å²) in [5, 5.41) is 0.634. The molecule has 0 saturated heterocycles. The van der Waals surface area contributed by atoms with Crippen LogP contribution in [0, 0.1) is 6.92 Å². The van der Waals surface area contributed by atoms with Gasteiger partial charge in [0.25, 0.3) is 0 Å². The van der Waals surface area contributed by atoms with Gasteiger partial charge in [0.1, 0.15) is 5.75 Å². The third kappa shape index (κ3) is 3.12. The van der Waals surface area contributed by atoms with Crippen LogP contribution in [0.2, 0.25) is 5.02 Å². The third-order valence-electron chi connectivity index (χ3n) is 3.44.